The largest absolute Gasteiger partial charge is 0.396 e. The Kier molecular flexibility index (Phi) is 8.88. The van der Waals surface area contributed by atoms with Crippen LogP contribution in [0.1, 0.15) is 32.6 Å². The Morgan fingerprint density at radius 3 is 2.42 bits per heavy atom. The molecule has 0 aliphatic rings. The molecule has 0 rings (SSSR count). The lowest BCUT2D eigenvalue weighted by Crippen LogP contribution is -2.27. The lowest BCUT2D eigenvalue weighted by Gasteiger charge is -2.11. The molecule has 12 heavy (non-hydrogen) atoms. The molecule has 0 saturated carbocycles. The van der Waals surface area contributed by atoms with E-state index in [0.29, 0.717) is 12.6 Å². The van der Waals surface area contributed by atoms with Crippen molar-refractivity contribution in [3.8, 4) is 0 Å². The van der Waals surface area contributed by atoms with E-state index in [1.807, 2.05) is 0 Å². The minimum Gasteiger partial charge on any atom is -0.396 e. The van der Waals surface area contributed by atoms with E-state index in [4.69, 9.17) is 10.2 Å². The first-order chi connectivity index (χ1) is 5.81. The van der Waals surface area contributed by atoms with Gasteiger partial charge in [0.15, 0.2) is 0 Å². The molecule has 0 radical (unpaired) electrons. The van der Waals surface area contributed by atoms with Crippen LogP contribution >= 0.6 is 0 Å². The molecule has 0 aromatic heterocycles. The van der Waals surface area contributed by atoms with Crippen LogP contribution in [0, 0.1) is 0 Å². The number of rotatable bonds is 8. The third-order valence-electron chi connectivity index (χ3n) is 1.89. The van der Waals surface area contributed by atoms with Crippen LogP contribution in [-0.2, 0) is 0 Å². The molecule has 0 saturated heterocycles. The Labute approximate surface area is 74.8 Å². The van der Waals surface area contributed by atoms with E-state index in [9.17, 15) is 0 Å². The second-order valence-electron chi connectivity index (χ2n) is 3.15. The maximum Gasteiger partial charge on any atom is 0.0445 e. The second kappa shape index (κ2) is 8.97. The standard InChI is InChI=1S/C9H21NO2/c1-9(5-8-12)10-6-3-2-4-7-11/h9-12H,2-8H2,1H3. The zero-order valence-corrected chi connectivity index (χ0v) is 7.92. The van der Waals surface area contributed by atoms with Gasteiger partial charge in [0, 0.05) is 19.3 Å². The Morgan fingerprint density at radius 2 is 1.83 bits per heavy atom. The average molecular weight is 175 g/mol. The maximum atomic E-state index is 8.60. The molecular weight excluding hydrogens is 154 g/mol. The van der Waals surface area contributed by atoms with Gasteiger partial charge in [0.2, 0.25) is 0 Å². The zero-order chi connectivity index (χ0) is 9.23. The van der Waals surface area contributed by atoms with Crippen LogP contribution in [-0.4, -0.2) is 36.0 Å². The summed E-state index contributed by atoms with van der Waals surface area (Å²) in [6, 6.07) is 0.407. The van der Waals surface area contributed by atoms with Gasteiger partial charge in [-0.1, -0.05) is 0 Å². The first kappa shape index (κ1) is 11.9. The minimum absolute atomic E-state index is 0.255. The van der Waals surface area contributed by atoms with Crippen molar-refractivity contribution in [1.82, 2.24) is 5.32 Å². The first-order valence-electron chi connectivity index (χ1n) is 4.76. The van der Waals surface area contributed by atoms with Crippen LogP contribution in [0.3, 0.4) is 0 Å². The van der Waals surface area contributed by atoms with Gasteiger partial charge in [-0.2, -0.15) is 0 Å². The van der Waals surface area contributed by atoms with Gasteiger partial charge in [-0.25, -0.2) is 0 Å². The summed E-state index contributed by atoms with van der Waals surface area (Å²) in [5, 5.41) is 20.4. The lowest BCUT2D eigenvalue weighted by molar-refractivity contribution is 0.267. The molecule has 1 atom stereocenters. The normalized spacial score (nSPS) is 13.2. The zero-order valence-electron chi connectivity index (χ0n) is 7.92. The molecule has 0 heterocycles. The van der Waals surface area contributed by atoms with Crippen molar-refractivity contribution in [1.29, 1.82) is 0 Å². The van der Waals surface area contributed by atoms with Gasteiger partial charge in [0.25, 0.3) is 0 Å². The van der Waals surface area contributed by atoms with Crippen molar-refractivity contribution in [3.05, 3.63) is 0 Å². The van der Waals surface area contributed by atoms with Gasteiger partial charge in [0.05, 0.1) is 0 Å². The Hall–Kier alpha value is -0.120. The highest BCUT2D eigenvalue weighted by molar-refractivity contribution is 4.59. The summed E-state index contributed by atoms with van der Waals surface area (Å²) in [5.41, 5.74) is 0. The van der Waals surface area contributed by atoms with Crippen molar-refractivity contribution in [2.24, 2.45) is 0 Å². The van der Waals surface area contributed by atoms with Crippen LogP contribution in [0.25, 0.3) is 0 Å². The van der Waals surface area contributed by atoms with Crippen molar-refractivity contribution >= 4 is 0 Å². The highest BCUT2D eigenvalue weighted by Gasteiger charge is 1.97. The highest BCUT2D eigenvalue weighted by Crippen LogP contribution is 1.94. The molecule has 0 aliphatic carbocycles. The molecule has 0 amide bonds. The quantitative estimate of drug-likeness (QED) is 0.471. The Balaban J connectivity index is 2.97. The number of nitrogens with one attached hydrogen (secondary N) is 1. The average Bonchev–Trinajstić information content (AvgIpc) is 2.05. The summed E-state index contributed by atoms with van der Waals surface area (Å²) in [6.07, 6.45) is 3.90. The molecule has 3 nitrogen and oxygen atoms in total. The molecule has 0 spiro atoms. The minimum atomic E-state index is 0.255. The van der Waals surface area contributed by atoms with Crippen molar-refractivity contribution in [3.63, 3.8) is 0 Å². The molecule has 0 aromatic carbocycles. The topological polar surface area (TPSA) is 52.5 Å². The molecular formula is C9H21NO2. The van der Waals surface area contributed by atoms with Crippen LogP contribution in [0.15, 0.2) is 0 Å². The fraction of sp³-hybridized carbons (Fsp3) is 1.00. The van der Waals surface area contributed by atoms with E-state index >= 15 is 0 Å². The van der Waals surface area contributed by atoms with Gasteiger partial charge in [-0.15, -0.1) is 0 Å². The Bertz CT molecular complexity index is 88.6. The molecule has 3 N–H and O–H groups in total. The second-order valence-corrected chi connectivity index (χ2v) is 3.15. The number of aliphatic hydroxyl groups excluding tert-OH is 2. The molecule has 0 fully saturated rings. The summed E-state index contributed by atoms with van der Waals surface area (Å²) >= 11 is 0. The van der Waals surface area contributed by atoms with Crippen LogP contribution in [0.4, 0.5) is 0 Å². The molecule has 1 unspecified atom stereocenters. The summed E-state index contributed by atoms with van der Waals surface area (Å²) in [6.45, 7) is 3.61. The molecule has 74 valence electrons. The number of unbranched alkanes of at least 4 members (excludes halogenated alkanes) is 2. The molecule has 0 aromatic rings. The van der Waals surface area contributed by atoms with E-state index in [-0.39, 0.29) is 6.61 Å². The van der Waals surface area contributed by atoms with Crippen molar-refractivity contribution in [2.75, 3.05) is 19.8 Å². The summed E-state index contributed by atoms with van der Waals surface area (Å²) < 4.78 is 0. The van der Waals surface area contributed by atoms with Crippen LogP contribution < -0.4 is 5.32 Å². The van der Waals surface area contributed by atoms with E-state index in [1.165, 1.54) is 0 Å². The van der Waals surface area contributed by atoms with Crippen LogP contribution in [0.2, 0.25) is 0 Å². The molecule has 0 bridgehead atoms. The lowest BCUT2D eigenvalue weighted by atomic mass is 10.2. The fourth-order valence-electron chi connectivity index (χ4n) is 1.06. The van der Waals surface area contributed by atoms with E-state index in [2.05, 4.69) is 12.2 Å². The van der Waals surface area contributed by atoms with Gasteiger partial charge < -0.3 is 15.5 Å². The third kappa shape index (κ3) is 7.98. The summed E-state index contributed by atoms with van der Waals surface area (Å²) in [4.78, 5) is 0. The SMILES string of the molecule is CC(CCO)NCCCCCO. The van der Waals surface area contributed by atoms with E-state index in [1.54, 1.807) is 0 Å². The fourth-order valence-corrected chi connectivity index (χ4v) is 1.06. The van der Waals surface area contributed by atoms with Gasteiger partial charge in [0.1, 0.15) is 0 Å². The number of hydrogen-bond donors (Lipinski definition) is 3. The molecule has 0 aliphatic heterocycles. The number of hydrogen-bond acceptors (Lipinski definition) is 3. The van der Waals surface area contributed by atoms with E-state index < -0.39 is 0 Å². The highest BCUT2D eigenvalue weighted by atomic mass is 16.3. The Morgan fingerprint density at radius 1 is 1.08 bits per heavy atom. The predicted octanol–water partition coefficient (Wildman–Crippen LogP) is 0.509. The predicted molar refractivity (Wildman–Crippen MR) is 50.1 cm³/mol. The maximum absolute atomic E-state index is 8.60. The van der Waals surface area contributed by atoms with Gasteiger partial charge in [-0.05, 0) is 39.2 Å². The smallest absolute Gasteiger partial charge is 0.0445 e. The van der Waals surface area contributed by atoms with Gasteiger partial charge in [-0.3, -0.25) is 0 Å². The number of aliphatic hydroxyl groups is 2. The summed E-state index contributed by atoms with van der Waals surface area (Å²) in [7, 11) is 0. The van der Waals surface area contributed by atoms with Crippen molar-refractivity contribution in [2.45, 2.75) is 38.6 Å². The van der Waals surface area contributed by atoms with E-state index in [0.717, 1.165) is 32.2 Å². The monoisotopic (exact) mass is 175 g/mol. The summed E-state index contributed by atoms with van der Waals surface area (Å²) in [5.74, 6) is 0. The van der Waals surface area contributed by atoms with Crippen LogP contribution in [0.5, 0.6) is 0 Å². The van der Waals surface area contributed by atoms with Crippen molar-refractivity contribution < 1.29 is 10.2 Å². The third-order valence-corrected chi connectivity index (χ3v) is 1.89. The van der Waals surface area contributed by atoms with Gasteiger partial charge >= 0.3 is 0 Å². The first-order valence-corrected chi connectivity index (χ1v) is 4.76. The molecule has 3 heteroatoms.